The fourth-order valence-electron chi connectivity index (χ4n) is 3.18. The predicted octanol–water partition coefficient (Wildman–Crippen LogP) is 0.373. The smallest absolute Gasteiger partial charge is 0.0628 e. The van der Waals surface area contributed by atoms with Gasteiger partial charge in [0.05, 0.1) is 12.1 Å². The number of piperazine rings is 1. The zero-order valence-electron chi connectivity index (χ0n) is 12.4. The molecule has 0 radical (unpaired) electrons. The predicted molar refractivity (Wildman–Crippen MR) is 74.7 cm³/mol. The highest BCUT2D eigenvalue weighted by Crippen LogP contribution is 2.40. The van der Waals surface area contributed by atoms with Gasteiger partial charge in [-0.15, -0.1) is 0 Å². The lowest BCUT2D eigenvalue weighted by atomic mass is 9.91. The number of hydrogen-bond acceptors (Lipinski definition) is 4. The van der Waals surface area contributed by atoms with Crippen molar-refractivity contribution in [1.82, 2.24) is 15.1 Å². The Morgan fingerprint density at radius 2 is 2.00 bits per heavy atom. The summed E-state index contributed by atoms with van der Waals surface area (Å²) >= 11 is 0. The maximum Gasteiger partial charge on any atom is 0.0628 e. The van der Waals surface area contributed by atoms with Crippen LogP contribution >= 0.6 is 0 Å². The normalized spacial score (nSPS) is 29.2. The second kappa shape index (κ2) is 5.08. The van der Waals surface area contributed by atoms with E-state index in [1.807, 2.05) is 7.05 Å². The van der Waals surface area contributed by atoms with Crippen molar-refractivity contribution >= 4 is 0 Å². The molecule has 2 aliphatic rings. The van der Waals surface area contributed by atoms with Gasteiger partial charge in [-0.25, -0.2) is 0 Å². The monoisotopic (exact) mass is 255 g/mol. The maximum atomic E-state index is 9.80. The van der Waals surface area contributed by atoms with E-state index in [4.69, 9.17) is 0 Å². The molecule has 1 saturated carbocycles. The first-order valence-corrected chi connectivity index (χ1v) is 7.17. The minimum absolute atomic E-state index is 0.0774. The molecule has 2 N–H and O–H groups in total. The van der Waals surface area contributed by atoms with Crippen LogP contribution in [0.3, 0.4) is 0 Å². The van der Waals surface area contributed by atoms with Gasteiger partial charge in [0.1, 0.15) is 0 Å². The summed E-state index contributed by atoms with van der Waals surface area (Å²) in [6.45, 7) is 9.13. The van der Waals surface area contributed by atoms with Crippen molar-refractivity contribution in [1.29, 1.82) is 0 Å². The second-order valence-corrected chi connectivity index (χ2v) is 6.78. The van der Waals surface area contributed by atoms with Crippen molar-refractivity contribution in [2.75, 3.05) is 46.9 Å². The molecular weight excluding hydrogens is 226 g/mol. The zero-order chi connectivity index (χ0) is 13.4. The molecular formula is C14H29N3O. The summed E-state index contributed by atoms with van der Waals surface area (Å²) in [4.78, 5) is 4.95. The van der Waals surface area contributed by atoms with Crippen LogP contribution in [0.4, 0.5) is 0 Å². The van der Waals surface area contributed by atoms with E-state index in [-0.39, 0.29) is 17.7 Å². The molecule has 1 heterocycles. The first kappa shape index (κ1) is 14.3. The van der Waals surface area contributed by atoms with E-state index >= 15 is 0 Å². The Morgan fingerprint density at radius 1 is 1.33 bits per heavy atom. The summed E-state index contributed by atoms with van der Waals surface area (Å²) in [6.07, 6.45) is 2.52. The van der Waals surface area contributed by atoms with Gasteiger partial charge in [-0.05, 0) is 46.7 Å². The van der Waals surface area contributed by atoms with Crippen molar-refractivity contribution in [3.63, 3.8) is 0 Å². The number of likely N-dealkylation sites (N-methyl/N-ethyl adjacent to an activating group) is 2. The fourth-order valence-corrected chi connectivity index (χ4v) is 3.18. The molecule has 18 heavy (non-hydrogen) atoms. The Bertz CT molecular complexity index is 285. The van der Waals surface area contributed by atoms with Gasteiger partial charge in [0.15, 0.2) is 0 Å². The Hall–Kier alpha value is -0.160. The van der Waals surface area contributed by atoms with Gasteiger partial charge in [0.2, 0.25) is 0 Å². The highest BCUT2D eigenvalue weighted by atomic mass is 16.3. The largest absolute Gasteiger partial charge is 0.394 e. The first-order chi connectivity index (χ1) is 8.43. The number of nitrogens with one attached hydrogen (secondary N) is 1. The Labute approximate surface area is 111 Å². The highest BCUT2D eigenvalue weighted by Gasteiger charge is 2.46. The molecule has 0 aromatic heterocycles. The van der Waals surface area contributed by atoms with Crippen LogP contribution in [0.5, 0.6) is 0 Å². The molecule has 0 bridgehead atoms. The van der Waals surface area contributed by atoms with Gasteiger partial charge in [-0.2, -0.15) is 0 Å². The van der Waals surface area contributed by atoms with E-state index in [1.54, 1.807) is 0 Å². The van der Waals surface area contributed by atoms with Crippen LogP contribution in [0.2, 0.25) is 0 Å². The average molecular weight is 255 g/mol. The van der Waals surface area contributed by atoms with E-state index in [0.717, 1.165) is 26.2 Å². The molecule has 0 aromatic rings. The number of hydrogen-bond donors (Lipinski definition) is 2. The van der Waals surface area contributed by atoms with Crippen molar-refractivity contribution in [3.8, 4) is 0 Å². The second-order valence-electron chi connectivity index (χ2n) is 6.78. The average Bonchev–Trinajstić information content (AvgIpc) is 3.15. The molecule has 0 aromatic carbocycles. The molecule has 1 aliphatic heterocycles. The lowest BCUT2D eigenvalue weighted by Crippen LogP contribution is -2.63. The van der Waals surface area contributed by atoms with Crippen molar-refractivity contribution in [2.45, 2.75) is 37.8 Å². The summed E-state index contributed by atoms with van der Waals surface area (Å²) in [7, 11) is 4.20. The molecule has 1 saturated heterocycles. The lowest BCUT2D eigenvalue weighted by molar-refractivity contribution is 0.0107. The van der Waals surface area contributed by atoms with Crippen LogP contribution in [0.25, 0.3) is 0 Å². The Kier molecular flexibility index (Phi) is 4.02. The number of aliphatic hydroxyl groups excluding tert-OH is 1. The van der Waals surface area contributed by atoms with Gasteiger partial charge in [0.25, 0.3) is 0 Å². The molecule has 1 aliphatic carbocycles. The number of aliphatic hydroxyl groups is 1. The molecule has 4 heteroatoms. The molecule has 0 amide bonds. The van der Waals surface area contributed by atoms with Crippen LogP contribution < -0.4 is 5.32 Å². The van der Waals surface area contributed by atoms with E-state index in [9.17, 15) is 5.11 Å². The topological polar surface area (TPSA) is 38.7 Å². The Morgan fingerprint density at radius 3 is 2.44 bits per heavy atom. The van der Waals surface area contributed by atoms with Crippen LogP contribution in [-0.4, -0.2) is 72.9 Å². The fraction of sp³-hybridized carbons (Fsp3) is 1.00. The minimum atomic E-state index is -0.0774. The van der Waals surface area contributed by atoms with E-state index in [1.165, 1.54) is 12.8 Å². The molecule has 2 rings (SSSR count). The summed E-state index contributed by atoms with van der Waals surface area (Å²) < 4.78 is 0. The van der Waals surface area contributed by atoms with Gasteiger partial charge in [0, 0.05) is 31.7 Å². The van der Waals surface area contributed by atoms with Gasteiger partial charge in [-0.3, -0.25) is 9.80 Å². The van der Waals surface area contributed by atoms with Gasteiger partial charge in [-0.1, -0.05) is 0 Å². The van der Waals surface area contributed by atoms with E-state index in [2.05, 4.69) is 36.0 Å². The molecule has 1 atom stereocenters. The lowest BCUT2D eigenvalue weighted by Gasteiger charge is -2.48. The van der Waals surface area contributed by atoms with Crippen LogP contribution in [0.15, 0.2) is 0 Å². The molecule has 106 valence electrons. The highest BCUT2D eigenvalue weighted by molar-refractivity contribution is 5.03. The summed E-state index contributed by atoms with van der Waals surface area (Å²) in [5.41, 5.74) is 0.155. The molecule has 4 nitrogen and oxygen atoms in total. The molecule has 0 spiro atoms. The van der Waals surface area contributed by atoms with Crippen molar-refractivity contribution in [3.05, 3.63) is 0 Å². The SMILES string of the molecule is CNC(CO)(CN1CCN(C)C(C)(C)C1)C1CC1. The van der Waals surface area contributed by atoms with Crippen molar-refractivity contribution < 1.29 is 5.11 Å². The number of rotatable bonds is 5. The number of nitrogens with zero attached hydrogens (tertiary/aromatic N) is 2. The zero-order valence-corrected chi connectivity index (χ0v) is 12.4. The Balaban J connectivity index is 2.00. The van der Waals surface area contributed by atoms with Crippen molar-refractivity contribution in [2.24, 2.45) is 5.92 Å². The minimum Gasteiger partial charge on any atom is -0.394 e. The third kappa shape index (κ3) is 2.72. The van der Waals surface area contributed by atoms with Gasteiger partial charge < -0.3 is 10.4 Å². The first-order valence-electron chi connectivity index (χ1n) is 7.17. The standard InChI is InChI=1S/C14H29N3O/c1-13(2)9-17(8-7-16(13)4)10-14(11-18,15-3)12-5-6-12/h12,15,18H,5-11H2,1-4H3. The molecule has 1 unspecified atom stereocenters. The third-order valence-corrected chi connectivity index (χ3v) is 5.04. The van der Waals surface area contributed by atoms with E-state index < -0.39 is 0 Å². The van der Waals surface area contributed by atoms with Gasteiger partial charge >= 0.3 is 0 Å². The van der Waals surface area contributed by atoms with Crippen LogP contribution in [0.1, 0.15) is 26.7 Å². The van der Waals surface area contributed by atoms with Crippen LogP contribution in [-0.2, 0) is 0 Å². The summed E-state index contributed by atoms with van der Waals surface area (Å²) in [6, 6.07) is 0. The quantitative estimate of drug-likeness (QED) is 0.745. The maximum absolute atomic E-state index is 9.80. The molecule has 2 fully saturated rings. The van der Waals surface area contributed by atoms with Crippen LogP contribution in [0, 0.1) is 5.92 Å². The summed E-state index contributed by atoms with van der Waals surface area (Å²) in [5, 5.41) is 13.2. The third-order valence-electron chi connectivity index (χ3n) is 5.04. The van der Waals surface area contributed by atoms with E-state index in [0.29, 0.717) is 5.92 Å². The summed E-state index contributed by atoms with van der Waals surface area (Å²) in [5.74, 6) is 0.662.